The Balaban J connectivity index is 0. The molecule has 0 aromatic heterocycles. The van der Waals surface area contributed by atoms with Gasteiger partial charge in [-0.25, -0.2) is 0 Å². The SMILES string of the molecule is C.CC(C)CC=CCC(C)C. The monoisotopic (exact) mass is 156 g/mol. The molecule has 0 N–H and O–H groups in total. The Hall–Kier alpha value is -0.260. The van der Waals surface area contributed by atoms with Crippen molar-refractivity contribution >= 4 is 0 Å². The van der Waals surface area contributed by atoms with Gasteiger partial charge in [0, 0.05) is 0 Å². The molecule has 0 radical (unpaired) electrons. The fourth-order valence-corrected chi connectivity index (χ4v) is 0.737. The molecule has 11 heavy (non-hydrogen) atoms. The fraction of sp³-hybridized carbons (Fsp3) is 0.818. The Morgan fingerprint density at radius 2 is 1.09 bits per heavy atom. The maximum atomic E-state index is 2.30. The Kier molecular flexibility index (Phi) is 9.51. The predicted octanol–water partition coefficient (Wildman–Crippen LogP) is 4.27. The van der Waals surface area contributed by atoms with E-state index in [0.29, 0.717) is 0 Å². The Bertz CT molecular complexity index is 76.2. The molecule has 0 aromatic carbocycles. The van der Waals surface area contributed by atoms with Crippen molar-refractivity contribution in [1.29, 1.82) is 0 Å². The summed E-state index contributed by atoms with van der Waals surface area (Å²) in [6.07, 6.45) is 7.05. The molecule has 0 bridgehead atoms. The van der Waals surface area contributed by atoms with Gasteiger partial charge in [-0.2, -0.15) is 0 Å². The topological polar surface area (TPSA) is 0 Å². The summed E-state index contributed by atoms with van der Waals surface area (Å²) in [6.45, 7) is 9.00. The van der Waals surface area contributed by atoms with Gasteiger partial charge in [0.1, 0.15) is 0 Å². The molecule has 0 saturated heterocycles. The molecule has 0 aliphatic heterocycles. The molecule has 0 aliphatic rings. The Morgan fingerprint density at radius 3 is 1.27 bits per heavy atom. The second kappa shape index (κ2) is 7.84. The third-order valence-corrected chi connectivity index (χ3v) is 1.38. The van der Waals surface area contributed by atoms with Crippen molar-refractivity contribution in [2.45, 2.75) is 48.0 Å². The van der Waals surface area contributed by atoms with Crippen LogP contribution in [0.25, 0.3) is 0 Å². The van der Waals surface area contributed by atoms with Crippen molar-refractivity contribution in [2.75, 3.05) is 0 Å². The highest BCUT2D eigenvalue weighted by atomic mass is 13.9. The summed E-state index contributed by atoms with van der Waals surface area (Å²) < 4.78 is 0. The van der Waals surface area contributed by atoms with Gasteiger partial charge in [0.25, 0.3) is 0 Å². The molecule has 0 amide bonds. The van der Waals surface area contributed by atoms with Gasteiger partial charge in [-0.3, -0.25) is 0 Å². The highest BCUT2D eigenvalue weighted by Gasteiger charge is 1.89. The summed E-state index contributed by atoms with van der Waals surface area (Å²) in [4.78, 5) is 0. The average Bonchev–Trinajstić information content (AvgIpc) is 1.79. The quantitative estimate of drug-likeness (QED) is 0.533. The predicted molar refractivity (Wildman–Crippen MR) is 54.8 cm³/mol. The zero-order valence-electron chi connectivity index (χ0n) is 7.72. The van der Waals surface area contributed by atoms with Gasteiger partial charge in [-0.05, 0) is 24.7 Å². The highest BCUT2D eigenvalue weighted by Crippen LogP contribution is 2.04. The first kappa shape index (κ1) is 13.3. The summed E-state index contributed by atoms with van der Waals surface area (Å²) in [7, 11) is 0. The smallest absolute Gasteiger partial charge is 0.0327 e. The molecule has 0 unspecified atom stereocenters. The summed E-state index contributed by atoms with van der Waals surface area (Å²) in [6, 6.07) is 0. The van der Waals surface area contributed by atoms with Gasteiger partial charge < -0.3 is 0 Å². The van der Waals surface area contributed by atoms with E-state index >= 15 is 0 Å². The van der Waals surface area contributed by atoms with Gasteiger partial charge in [0.15, 0.2) is 0 Å². The fourth-order valence-electron chi connectivity index (χ4n) is 0.737. The van der Waals surface area contributed by atoms with Crippen molar-refractivity contribution in [3.8, 4) is 0 Å². The van der Waals surface area contributed by atoms with Crippen molar-refractivity contribution < 1.29 is 0 Å². The summed E-state index contributed by atoms with van der Waals surface area (Å²) in [5.41, 5.74) is 0. The number of rotatable bonds is 4. The second-order valence-corrected chi connectivity index (χ2v) is 3.73. The first-order chi connectivity index (χ1) is 4.63. The van der Waals surface area contributed by atoms with E-state index in [1.165, 1.54) is 12.8 Å². The van der Waals surface area contributed by atoms with Crippen LogP contribution in [0.3, 0.4) is 0 Å². The van der Waals surface area contributed by atoms with Crippen LogP contribution in [-0.4, -0.2) is 0 Å². The van der Waals surface area contributed by atoms with Crippen LogP contribution in [0, 0.1) is 11.8 Å². The molecule has 0 heterocycles. The standard InChI is InChI=1S/C10H20.CH4/c1-9(2)7-5-6-8-10(3)4;/h5-6,9-10H,7-8H2,1-4H3;1H4. The van der Waals surface area contributed by atoms with E-state index in [4.69, 9.17) is 0 Å². The zero-order valence-corrected chi connectivity index (χ0v) is 7.72. The van der Waals surface area contributed by atoms with Crippen LogP contribution in [0.4, 0.5) is 0 Å². The lowest BCUT2D eigenvalue weighted by Crippen LogP contribution is -1.84. The van der Waals surface area contributed by atoms with Crippen LogP contribution in [0.1, 0.15) is 48.0 Å². The average molecular weight is 156 g/mol. The second-order valence-electron chi connectivity index (χ2n) is 3.73. The summed E-state index contributed by atoms with van der Waals surface area (Å²) in [5, 5.41) is 0. The first-order valence-corrected chi connectivity index (χ1v) is 4.28. The van der Waals surface area contributed by atoms with Gasteiger partial charge >= 0.3 is 0 Å². The Morgan fingerprint density at radius 1 is 0.818 bits per heavy atom. The zero-order chi connectivity index (χ0) is 7.98. The van der Waals surface area contributed by atoms with E-state index in [1.807, 2.05) is 0 Å². The van der Waals surface area contributed by atoms with E-state index in [9.17, 15) is 0 Å². The molecule has 0 spiro atoms. The minimum atomic E-state index is 0. The molecule has 0 atom stereocenters. The van der Waals surface area contributed by atoms with E-state index in [2.05, 4.69) is 39.8 Å². The molecule has 0 aliphatic carbocycles. The van der Waals surface area contributed by atoms with Crippen LogP contribution >= 0.6 is 0 Å². The minimum absolute atomic E-state index is 0. The lowest BCUT2D eigenvalue weighted by molar-refractivity contribution is 0.644. The van der Waals surface area contributed by atoms with Crippen LogP contribution < -0.4 is 0 Å². The van der Waals surface area contributed by atoms with Gasteiger partial charge in [-0.15, -0.1) is 0 Å². The molecule has 0 nitrogen and oxygen atoms in total. The number of allylic oxidation sites excluding steroid dienone is 2. The molecule has 68 valence electrons. The molecule has 0 saturated carbocycles. The normalized spacial score (nSPS) is 11.1. The summed E-state index contributed by atoms with van der Waals surface area (Å²) in [5.74, 6) is 1.62. The maximum Gasteiger partial charge on any atom is -0.0327 e. The minimum Gasteiger partial charge on any atom is -0.0883 e. The first-order valence-electron chi connectivity index (χ1n) is 4.28. The molecule has 0 heteroatoms. The van der Waals surface area contributed by atoms with Gasteiger partial charge in [0.05, 0.1) is 0 Å². The largest absolute Gasteiger partial charge is 0.0883 e. The van der Waals surface area contributed by atoms with Gasteiger partial charge in [-0.1, -0.05) is 47.3 Å². The lowest BCUT2D eigenvalue weighted by Gasteiger charge is -1.98. The van der Waals surface area contributed by atoms with E-state index in [-0.39, 0.29) is 7.43 Å². The van der Waals surface area contributed by atoms with Crippen LogP contribution in [0.15, 0.2) is 12.2 Å². The van der Waals surface area contributed by atoms with Gasteiger partial charge in [0.2, 0.25) is 0 Å². The maximum absolute atomic E-state index is 2.30. The highest BCUT2D eigenvalue weighted by molar-refractivity contribution is 4.83. The Labute approximate surface area is 72.7 Å². The lowest BCUT2D eigenvalue weighted by atomic mass is 10.1. The van der Waals surface area contributed by atoms with E-state index in [0.717, 1.165) is 11.8 Å². The molecule has 0 fully saturated rings. The van der Waals surface area contributed by atoms with Crippen molar-refractivity contribution in [2.24, 2.45) is 11.8 Å². The molecular formula is C11H24. The number of hydrogen-bond acceptors (Lipinski definition) is 0. The number of hydrogen-bond donors (Lipinski definition) is 0. The van der Waals surface area contributed by atoms with Crippen LogP contribution in [0.2, 0.25) is 0 Å². The summed E-state index contributed by atoms with van der Waals surface area (Å²) >= 11 is 0. The van der Waals surface area contributed by atoms with E-state index in [1.54, 1.807) is 0 Å². The van der Waals surface area contributed by atoms with E-state index < -0.39 is 0 Å². The van der Waals surface area contributed by atoms with Crippen molar-refractivity contribution in [1.82, 2.24) is 0 Å². The molecule has 0 aromatic rings. The van der Waals surface area contributed by atoms with Crippen LogP contribution in [-0.2, 0) is 0 Å². The van der Waals surface area contributed by atoms with Crippen molar-refractivity contribution in [3.05, 3.63) is 12.2 Å². The van der Waals surface area contributed by atoms with Crippen molar-refractivity contribution in [3.63, 3.8) is 0 Å². The molecule has 0 rings (SSSR count). The van der Waals surface area contributed by atoms with Crippen LogP contribution in [0.5, 0.6) is 0 Å². The third kappa shape index (κ3) is 12.8. The molecular weight excluding hydrogens is 132 g/mol. The third-order valence-electron chi connectivity index (χ3n) is 1.38.